The topological polar surface area (TPSA) is 35.9 Å². The Morgan fingerprint density at radius 2 is 1.89 bits per heavy atom. The first-order valence-corrected chi connectivity index (χ1v) is 10.6. The lowest BCUT2D eigenvalue weighted by Crippen LogP contribution is -2.49. The summed E-state index contributed by atoms with van der Waals surface area (Å²) >= 11 is 0. The van der Waals surface area contributed by atoms with Crippen LogP contribution < -0.4 is 4.90 Å². The molecule has 5 rings (SSSR count). The van der Waals surface area contributed by atoms with E-state index in [4.69, 9.17) is 4.74 Å². The second-order valence-corrected chi connectivity index (χ2v) is 9.25. The molecule has 0 amide bonds. The summed E-state index contributed by atoms with van der Waals surface area (Å²) in [5.74, 6) is 1.32. The van der Waals surface area contributed by atoms with E-state index in [1.54, 1.807) is 0 Å². The van der Waals surface area contributed by atoms with Crippen molar-refractivity contribution in [1.29, 1.82) is 0 Å². The Bertz CT molecular complexity index is 695. The van der Waals surface area contributed by atoms with Crippen LogP contribution in [-0.4, -0.2) is 62.0 Å². The molecule has 0 spiro atoms. The number of piperazine rings is 1. The minimum absolute atomic E-state index is 0.199. The molecule has 2 fully saturated rings. The molecule has 5 heteroatoms. The summed E-state index contributed by atoms with van der Waals surface area (Å²) in [4.78, 5) is 4.55. The van der Waals surface area contributed by atoms with Crippen LogP contribution in [0.1, 0.15) is 26.7 Å². The molecule has 1 saturated heterocycles. The average molecular weight is 389 g/mol. The number of fused-ring (bicyclic) bond motifs is 1. The Morgan fingerprint density at radius 3 is 2.54 bits per heavy atom. The minimum Gasteiger partial charge on any atom is -0.389 e. The Hall–Kier alpha value is -1.43. The Labute approximate surface area is 168 Å². The van der Waals surface area contributed by atoms with Gasteiger partial charge in [-0.15, -0.1) is 0 Å². The first-order chi connectivity index (χ1) is 13.4. The Kier molecular flexibility index (Phi) is 5.77. The van der Waals surface area contributed by atoms with Crippen molar-refractivity contribution in [2.24, 2.45) is 17.3 Å². The molecule has 2 bridgehead atoms. The maximum absolute atomic E-state index is 13.1. The summed E-state index contributed by atoms with van der Waals surface area (Å²) in [5, 5.41) is 10.4. The fourth-order valence-corrected chi connectivity index (χ4v) is 5.14. The zero-order valence-corrected chi connectivity index (χ0v) is 17.1. The predicted octanol–water partition coefficient (Wildman–Crippen LogP) is 3.32. The third-order valence-electron chi connectivity index (χ3n) is 7.19. The molecule has 1 N–H and O–H groups in total. The summed E-state index contributed by atoms with van der Waals surface area (Å²) in [6, 6.07) is 6.68. The molecular formula is C23H33FN2O2. The summed E-state index contributed by atoms with van der Waals surface area (Å²) < 4.78 is 18.9. The van der Waals surface area contributed by atoms with Crippen LogP contribution >= 0.6 is 0 Å². The fourth-order valence-electron chi connectivity index (χ4n) is 5.14. The molecule has 4 nitrogen and oxygen atoms in total. The van der Waals surface area contributed by atoms with E-state index in [1.165, 1.54) is 30.5 Å². The molecule has 1 saturated carbocycles. The van der Waals surface area contributed by atoms with Crippen molar-refractivity contribution in [2.45, 2.75) is 32.8 Å². The van der Waals surface area contributed by atoms with Gasteiger partial charge in [0.2, 0.25) is 0 Å². The molecule has 3 unspecified atom stereocenters. The van der Waals surface area contributed by atoms with Crippen LogP contribution in [0.5, 0.6) is 0 Å². The van der Waals surface area contributed by atoms with Crippen molar-refractivity contribution in [2.75, 3.05) is 50.8 Å². The highest BCUT2D eigenvalue weighted by Crippen LogP contribution is 2.59. The molecule has 28 heavy (non-hydrogen) atoms. The number of hydrogen-bond acceptors (Lipinski definition) is 4. The standard InChI is InChI=1S/C23H33FN2O2/c1-23(2)18-4-3-17(22(23)13-18)15-28-16-21(27)14-25-9-11-26(12-10-25)20-7-5-19(24)6-8-20/h3,5-8,18,21-22,27H,4,9-16H2,1-2H3. The summed E-state index contributed by atoms with van der Waals surface area (Å²) in [6.07, 6.45) is 4.40. The Balaban J connectivity index is 1.16. The van der Waals surface area contributed by atoms with Gasteiger partial charge in [0.15, 0.2) is 0 Å². The van der Waals surface area contributed by atoms with Crippen molar-refractivity contribution >= 4 is 5.69 Å². The van der Waals surface area contributed by atoms with Crippen LogP contribution in [0.15, 0.2) is 35.9 Å². The second kappa shape index (κ2) is 8.13. The summed E-state index contributed by atoms with van der Waals surface area (Å²) in [7, 11) is 0. The number of ether oxygens (including phenoxy) is 1. The molecule has 3 atom stereocenters. The zero-order chi connectivity index (χ0) is 19.7. The molecule has 4 aliphatic rings. The number of benzene rings is 1. The van der Waals surface area contributed by atoms with Gasteiger partial charge in [0.25, 0.3) is 0 Å². The van der Waals surface area contributed by atoms with Gasteiger partial charge in [0.05, 0.1) is 19.3 Å². The van der Waals surface area contributed by atoms with E-state index in [0.717, 1.165) is 37.8 Å². The van der Waals surface area contributed by atoms with Crippen molar-refractivity contribution < 1.29 is 14.2 Å². The second-order valence-electron chi connectivity index (χ2n) is 9.25. The van der Waals surface area contributed by atoms with Crippen molar-refractivity contribution in [3.05, 3.63) is 41.7 Å². The lowest BCUT2D eigenvalue weighted by atomic mass is 9.49. The van der Waals surface area contributed by atoms with E-state index >= 15 is 0 Å². The summed E-state index contributed by atoms with van der Waals surface area (Å²) in [6.45, 7) is 10.0. The molecule has 0 radical (unpaired) electrons. The number of hydrogen-bond donors (Lipinski definition) is 1. The SMILES string of the molecule is CC1(C)C2CC=C(COCC(O)CN3CCN(c4ccc(F)cc4)CC3)C1C2. The van der Waals surface area contributed by atoms with Crippen LogP contribution in [-0.2, 0) is 4.74 Å². The third-order valence-corrected chi connectivity index (χ3v) is 7.19. The quantitative estimate of drug-likeness (QED) is 0.727. The fraction of sp³-hybridized carbons (Fsp3) is 0.652. The van der Waals surface area contributed by atoms with E-state index in [2.05, 4.69) is 29.7 Å². The van der Waals surface area contributed by atoms with E-state index in [9.17, 15) is 9.50 Å². The molecule has 154 valence electrons. The monoisotopic (exact) mass is 388 g/mol. The molecule has 1 aliphatic heterocycles. The number of anilines is 1. The largest absolute Gasteiger partial charge is 0.389 e. The van der Waals surface area contributed by atoms with Crippen molar-refractivity contribution in [3.8, 4) is 0 Å². The first kappa shape index (κ1) is 19.9. The van der Waals surface area contributed by atoms with Gasteiger partial charge in [-0.05, 0) is 59.9 Å². The lowest BCUT2D eigenvalue weighted by Gasteiger charge is -2.56. The van der Waals surface area contributed by atoms with Crippen LogP contribution in [0.3, 0.4) is 0 Å². The number of β-amino-alcohol motifs (C(OH)–C–C–N with tert-alkyl or cyclic N) is 1. The van der Waals surface area contributed by atoms with Gasteiger partial charge in [-0.3, -0.25) is 4.90 Å². The third kappa shape index (κ3) is 4.12. The van der Waals surface area contributed by atoms with E-state index in [-0.39, 0.29) is 5.82 Å². The number of aliphatic hydroxyl groups excluding tert-OH is 1. The molecular weight excluding hydrogens is 355 g/mol. The number of rotatable bonds is 7. The highest BCUT2D eigenvalue weighted by molar-refractivity contribution is 5.46. The van der Waals surface area contributed by atoms with Crippen molar-refractivity contribution in [3.63, 3.8) is 0 Å². The average Bonchev–Trinajstić information content (AvgIpc) is 2.69. The zero-order valence-electron chi connectivity index (χ0n) is 17.1. The minimum atomic E-state index is -0.455. The summed E-state index contributed by atoms with van der Waals surface area (Å²) in [5.41, 5.74) is 2.93. The molecule has 0 aromatic heterocycles. The van der Waals surface area contributed by atoms with Gasteiger partial charge in [0, 0.05) is 38.4 Å². The maximum atomic E-state index is 13.1. The van der Waals surface area contributed by atoms with Crippen LogP contribution in [0.25, 0.3) is 0 Å². The maximum Gasteiger partial charge on any atom is 0.123 e. The highest BCUT2D eigenvalue weighted by atomic mass is 19.1. The number of halogens is 1. The molecule has 1 heterocycles. The normalized spacial score (nSPS) is 27.9. The lowest BCUT2D eigenvalue weighted by molar-refractivity contribution is -0.0262. The number of nitrogens with zero attached hydrogens (tertiary/aromatic N) is 2. The molecule has 1 aromatic carbocycles. The van der Waals surface area contributed by atoms with E-state index in [1.807, 2.05) is 12.1 Å². The van der Waals surface area contributed by atoms with E-state index < -0.39 is 6.10 Å². The van der Waals surface area contributed by atoms with Crippen LogP contribution in [0, 0.1) is 23.1 Å². The van der Waals surface area contributed by atoms with Gasteiger partial charge in [-0.1, -0.05) is 19.9 Å². The smallest absolute Gasteiger partial charge is 0.123 e. The highest BCUT2D eigenvalue weighted by Gasteiger charge is 2.50. The van der Waals surface area contributed by atoms with Crippen LogP contribution in [0.2, 0.25) is 0 Å². The first-order valence-electron chi connectivity index (χ1n) is 10.6. The van der Waals surface area contributed by atoms with Gasteiger partial charge in [-0.2, -0.15) is 0 Å². The van der Waals surface area contributed by atoms with Crippen molar-refractivity contribution in [1.82, 2.24) is 4.90 Å². The predicted molar refractivity (Wildman–Crippen MR) is 110 cm³/mol. The van der Waals surface area contributed by atoms with Gasteiger partial charge in [-0.25, -0.2) is 4.39 Å². The Morgan fingerprint density at radius 1 is 1.18 bits per heavy atom. The van der Waals surface area contributed by atoms with Gasteiger partial charge >= 0.3 is 0 Å². The number of aliphatic hydroxyl groups is 1. The number of allylic oxidation sites excluding steroid dienone is 1. The van der Waals surface area contributed by atoms with Gasteiger partial charge < -0.3 is 14.7 Å². The molecule has 3 aliphatic carbocycles. The van der Waals surface area contributed by atoms with E-state index in [0.29, 0.717) is 31.1 Å². The molecule has 1 aromatic rings. The van der Waals surface area contributed by atoms with Gasteiger partial charge in [0.1, 0.15) is 5.82 Å². The van der Waals surface area contributed by atoms with Crippen LogP contribution in [0.4, 0.5) is 10.1 Å².